The van der Waals surface area contributed by atoms with E-state index in [1.54, 1.807) is 0 Å². The molecule has 4 N–H and O–H groups in total. The zero-order chi connectivity index (χ0) is 32.4. The molecule has 0 radical (unpaired) electrons. The van der Waals surface area contributed by atoms with Crippen LogP contribution < -0.4 is 0 Å². The second-order valence-electron chi connectivity index (χ2n) is 14.2. The molecular weight excluding hydrogens is 572 g/mol. The van der Waals surface area contributed by atoms with Crippen LogP contribution in [0.15, 0.2) is 11.6 Å². The van der Waals surface area contributed by atoms with E-state index in [4.69, 9.17) is 14.2 Å². The summed E-state index contributed by atoms with van der Waals surface area (Å²) in [6.45, 7) is 4.09. The maximum Gasteiger partial charge on any atom is 0.334 e. The fraction of sp³-hybridized carbons (Fsp3) is 0.919. The highest BCUT2D eigenvalue weighted by Crippen LogP contribution is 2.31. The van der Waals surface area contributed by atoms with Gasteiger partial charge in [0.2, 0.25) is 0 Å². The van der Waals surface area contributed by atoms with Crippen molar-refractivity contribution in [3.63, 3.8) is 0 Å². The molecule has 3 rings (SSSR count). The third-order valence-corrected chi connectivity index (χ3v) is 10.2. The van der Waals surface area contributed by atoms with Crippen LogP contribution in [0.3, 0.4) is 0 Å². The molecule has 0 bridgehead atoms. The molecule has 8 heteroatoms. The van der Waals surface area contributed by atoms with Gasteiger partial charge in [0.25, 0.3) is 0 Å². The third kappa shape index (κ3) is 14.7. The number of carbonyl (C=O) groups is 1. The van der Waals surface area contributed by atoms with Crippen molar-refractivity contribution in [3.05, 3.63) is 11.6 Å². The molecule has 2 saturated heterocycles. The minimum atomic E-state index is -0.654. The molecule has 3 aliphatic rings. The largest absolute Gasteiger partial charge is 0.455 e. The smallest absolute Gasteiger partial charge is 0.334 e. The summed E-state index contributed by atoms with van der Waals surface area (Å²) < 4.78 is 17.4. The maximum atomic E-state index is 11.7. The van der Waals surface area contributed by atoms with Crippen molar-refractivity contribution in [1.82, 2.24) is 0 Å². The first-order chi connectivity index (χ1) is 21.8. The van der Waals surface area contributed by atoms with E-state index in [0.29, 0.717) is 25.7 Å². The fourth-order valence-corrected chi connectivity index (χ4v) is 7.28. The summed E-state index contributed by atoms with van der Waals surface area (Å²) in [5, 5.41) is 42.3. The second kappa shape index (κ2) is 21.8. The van der Waals surface area contributed by atoms with E-state index in [-0.39, 0.29) is 42.6 Å². The van der Waals surface area contributed by atoms with Gasteiger partial charge in [0.15, 0.2) is 0 Å². The molecule has 0 aliphatic carbocycles. The van der Waals surface area contributed by atoms with Gasteiger partial charge in [-0.2, -0.15) is 0 Å². The number of rotatable bonds is 25. The van der Waals surface area contributed by atoms with Crippen molar-refractivity contribution in [2.24, 2.45) is 0 Å². The van der Waals surface area contributed by atoms with Crippen molar-refractivity contribution in [2.45, 2.75) is 216 Å². The number of hydrogen-bond donors (Lipinski definition) is 4. The fourth-order valence-electron chi connectivity index (χ4n) is 7.28. The Balaban J connectivity index is 1.16. The van der Waals surface area contributed by atoms with Crippen molar-refractivity contribution in [3.8, 4) is 0 Å². The molecule has 0 aromatic carbocycles. The Morgan fingerprint density at radius 2 is 1.22 bits per heavy atom. The molecule has 2 fully saturated rings. The van der Waals surface area contributed by atoms with Gasteiger partial charge in [-0.1, -0.05) is 71.1 Å². The zero-order valence-electron chi connectivity index (χ0n) is 28.5. The van der Waals surface area contributed by atoms with Gasteiger partial charge in [0.05, 0.1) is 48.8 Å². The first-order valence-corrected chi connectivity index (χ1v) is 18.7. The molecule has 3 aliphatic heterocycles. The Morgan fingerprint density at radius 1 is 0.667 bits per heavy atom. The highest BCUT2D eigenvalue weighted by Gasteiger charge is 2.36. The average Bonchev–Trinajstić information content (AvgIpc) is 3.77. The quantitative estimate of drug-likeness (QED) is 0.0634. The highest BCUT2D eigenvalue weighted by molar-refractivity contribution is 5.90. The normalized spacial score (nSPS) is 27.8. The van der Waals surface area contributed by atoms with Crippen molar-refractivity contribution in [1.29, 1.82) is 0 Å². The summed E-state index contributed by atoms with van der Waals surface area (Å²) in [6, 6.07) is 0. The molecule has 0 aromatic rings. The van der Waals surface area contributed by atoms with Gasteiger partial charge >= 0.3 is 5.97 Å². The molecule has 45 heavy (non-hydrogen) atoms. The predicted octanol–water partition coefficient (Wildman–Crippen LogP) is 6.83. The van der Waals surface area contributed by atoms with Crippen molar-refractivity contribution >= 4 is 5.97 Å². The van der Waals surface area contributed by atoms with Gasteiger partial charge in [-0.05, 0) is 96.5 Å². The van der Waals surface area contributed by atoms with Gasteiger partial charge in [0, 0.05) is 5.57 Å². The first kappa shape index (κ1) is 38.4. The maximum absolute atomic E-state index is 11.7. The molecule has 0 saturated carbocycles. The topological polar surface area (TPSA) is 126 Å². The van der Waals surface area contributed by atoms with Crippen LogP contribution in [0.5, 0.6) is 0 Å². The molecule has 0 amide bonds. The van der Waals surface area contributed by atoms with Crippen molar-refractivity contribution < 1.29 is 39.4 Å². The number of aliphatic hydroxyl groups excluding tert-OH is 4. The summed E-state index contributed by atoms with van der Waals surface area (Å²) in [6.07, 6.45) is 21.2. The molecule has 262 valence electrons. The Kier molecular flexibility index (Phi) is 18.6. The Bertz CT molecular complexity index is 833. The van der Waals surface area contributed by atoms with Crippen LogP contribution >= 0.6 is 0 Å². The first-order valence-electron chi connectivity index (χ1n) is 18.7. The highest BCUT2D eigenvalue weighted by atomic mass is 16.5. The number of ether oxygens (including phenoxy) is 3. The molecule has 8 nitrogen and oxygen atoms in total. The SMILES string of the molecule is CCCCCCC(O)CCC[C@H](O)[C@H]1CC[C@H]([C@H](O)CC[C@H](O)[C@@H]2CCC(CCCCCCCCCC3=CC(C)OC3=O)O2)O1. The van der Waals surface area contributed by atoms with E-state index >= 15 is 0 Å². The molecule has 3 unspecified atom stereocenters. The number of esters is 1. The number of hydrogen-bond acceptors (Lipinski definition) is 8. The zero-order valence-corrected chi connectivity index (χ0v) is 28.5. The Labute approximate surface area is 273 Å². The van der Waals surface area contributed by atoms with E-state index < -0.39 is 18.3 Å². The Hall–Kier alpha value is -1.03. The summed E-state index contributed by atoms with van der Waals surface area (Å²) in [4.78, 5) is 11.7. The summed E-state index contributed by atoms with van der Waals surface area (Å²) in [7, 11) is 0. The lowest BCUT2D eigenvalue weighted by Gasteiger charge is -2.24. The van der Waals surface area contributed by atoms with Crippen LogP contribution in [-0.4, -0.2) is 81.3 Å². The van der Waals surface area contributed by atoms with Gasteiger partial charge in [-0.3, -0.25) is 0 Å². The van der Waals surface area contributed by atoms with Crippen LogP contribution in [0.25, 0.3) is 0 Å². The van der Waals surface area contributed by atoms with E-state index in [1.807, 2.05) is 13.0 Å². The van der Waals surface area contributed by atoms with E-state index in [2.05, 4.69) is 6.92 Å². The van der Waals surface area contributed by atoms with Gasteiger partial charge in [0.1, 0.15) is 6.10 Å². The van der Waals surface area contributed by atoms with Gasteiger partial charge in [-0.25, -0.2) is 4.79 Å². The van der Waals surface area contributed by atoms with Gasteiger partial charge in [-0.15, -0.1) is 0 Å². The molecular formula is C37H66O8. The summed E-state index contributed by atoms with van der Waals surface area (Å²) in [5.41, 5.74) is 0.846. The minimum Gasteiger partial charge on any atom is -0.455 e. The third-order valence-electron chi connectivity index (χ3n) is 10.2. The predicted molar refractivity (Wildman–Crippen MR) is 177 cm³/mol. The second-order valence-corrected chi connectivity index (χ2v) is 14.2. The van der Waals surface area contributed by atoms with E-state index in [9.17, 15) is 25.2 Å². The van der Waals surface area contributed by atoms with Crippen LogP contribution in [0, 0.1) is 0 Å². The number of unbranched alkanes of at least 4 members (excludes halogenated alkanes) is 9. The standard InChI is InChI=1S/C37H66O8/c1-3-4-5-12-16-29(38)17-14-19-31(39)35-24-25-36(45-35)33(41)22-21-32(40)34-23-20-30(44-34)18-13-10-8-6-7-9-11-15-28-26-27(2)43-37(28)42/h26-27,29-36,38-41H,3-25H2,1-2H3/t27?,29?,30?,31-,32-,33+,34-,35+,36+/m0/s1. The molecule has 3 heterocycles. The summed E-state index contributed by atoms with van der Waals surface area (Å²) >= 11 is 0. The number of carbonyl (C=O) groups excluding carboxylic acids is 1. The number of aliphatic hydroxyl groups is 4. The monoisotopic (exact) mass is 638 g/mol. The van der Waals surface area contributed by atoms with Crippen LogP contribution in [0.4, 0.5) is 0 Å². The molecule has 0 aromatic heterocycles. The van der Waals surface area contributed by atoms with Crippen molar-refractivity contribution in [2.75, 3.05) is 0 Å². The van der Waals surface area contributed by atoms with Crippen LogP contribution in [0.1, 0.15) is 162 Å². The summed E-state index contributed by atoms with van der Waals surface area (Å²) in [5.74, 6) is -0.138. The van der Waals surface area contributed by atoms with E-state index in [0.717, 1.165) is 82.6 Å². The molecule has 9 atom stereocenters. The minimum absolute atomic E-state index is 0.0675. The Morgan fingerprint density at radius 3 is 1.87 bits per heavy atom. The molecule has 0 spiro atoms. The lowest BCUT2D eigenvalue weighted by Crippen LogP contribution is -2.33. The average molecular weight is 639 g/mol. The lowest BCUT2D eigenvalue weighted by molar-refractivity contribution is -0.139. The van der Waals surface area contributed by atoms with E-state index in [1.165, 1.54) is 44.9 Å². The van der Waals surface area contributed by atoms with Crippen LogP contribution in [0.2, 0.25) is 0 Å². The lowest BCUT2D eigenvalue weighted by atomic mass is 9.98. The number of cyclic esters (lactones) is 1. The van der Waals surface area contributed by atoms with Crippen LogP contribution in [-0.2, 0) is 19.0 Å². The van der Waals surface area contributed by atoms with Gasteiger partial charge < -0.3 is 34.6 Å².